The standard InChI is InChI=1S/C7H8N4O4/c1-10(7(8)12)9-4-5-2-3-6(15-5)11(13)14/h2-4H,1H3,(H2,8,12). The molecule has 0 unspecified atom stereocenters. The quantitative estimate of drug-likeness (QED) is 0.447. The Morgan fingerprint density at radius 2 is 2.40 bits per heavy atom. The van der Waals surface area contributed by atoms with Crippen molar-refractivity contribution in [2.75, 3.05) is 7.05 Å². The summed E-state index contributed by atoms with van der Waals surface area (Å²) in [5.41, 5.74) is 4.89. The predicted molar refractivity (Wildman–Crippen MR) is 50.3 cm³/mol. The van der Waals surface area contributed by atoms with E-state index < -0.39 is 16.8 Å². The molecule has 1 heterocycles. The summed E-state index contributed by atoms with van der Waals surface area (Å²) in [6, 6.07) is 1.80. The van der Waals surface area contributed by atoms with Gasteiger partial charge in [0.25, 0.3) is 0 Å². The zero-order valence-corrected chi connectivity index (χ0v) is 7.78. The smallest absolute Gasteiger partial charge is 0.400 e. The molecule has 2 amide bonds. The SMILES string of the molecule is CN(N=Cc1ccc([N+](=O)[O-])o1)C(N)=O. The van der Waals surface area contributed by atoms with Crippen LogP contribution in [0.25, 0.3) is 0 Å². The van der Waals surface area contributed by atoms with Crippen molar-refractivity contribution in [3.63, 3.8) is 0 Å². The normalized spacial score (nSPS) is 10.5. The van der Waals surface area contributed by atoms with Crippen molar-refractivity contribution in [1.29, 1.82) is 0 Å². The number of rotatable bonds is 3. The minimum Gasteiger partial charge on any atom is -0.400 e. The van der Waals surface area contributed by atoms with Gasteiger partial charge >= 0.3 is 11.9 Å². The molecule has 1 aromatic heterocycles. The van der Waals surface area contributed by atoms with E-state index in [-0.39, 0.29) is 5.76 Å². The van der Waals surface area contributed by atoms with Crippen molar-refractivity contribution in [3.8, 4) is 0 Å². The summed E-state index contributed by atoms with van der Waals surface area (Å²) in [4.78, 5) is 20.1. The Hall–Kier alpha value is -2.38. The van der Waals surface area contributed by atoms with Crippen LogP contribution in [0.15, 0.2) is 21.7 Å². The number of nitrogens with two attached hydrogens (primary N) is 1. The number of hydrogen-bond donors (Lipinski definition) is 1. The molecule has 2 N–H and O–H groups in total. The van der Waals surface area contributed by atoms with Crippen LogP contribution in [0.4, 0.5) is 10.7 Å². The molecule has 1 aromatic rings. The van der Waals surface area contributed by atoms with Gasteiger partial charge in [-0.25, -0.2) is 9.80 Å². The molecule has 15 heavy (non-hydrogen) atoms. The van der Waals surface area contributed by atoms with E-state index in [2.05, 4.69) is 5.10 Å². The number of nitro groups is 1. The summed E-state index contributed by atoms with van der Waals surface area (Å²) in [6.07, 6.45) is 1.15. The minimum absolute atomic E-state index is 0.162. The fraction of sp³-hybridized carbons (Fsp3) is 0.143. The molecule has 0 fully saturated rings. The van der Waals surface area contributed by atoms with Crippen LogP contribution < -0.4 is 5.73 Å². The Bertz CT molecular complexity index is 411. The molecule has 0 radical (unpaired) electrons. The molecule has 0 aliphatic carbocycles. The average molecular weight is 212 g/mol. The molecule has 0 spiro atoms. The lowest BCUT2D eigenvalue weighted by molar-refractivity contribution is -0.402. The summed E-state index contributed by atoms with van der Waals surface area (Å²) in [6.45, 7) is 0. The van der Waals surface area contributed by atoms with Crippen LogP contribution >= 0.6 is 0 Å². The van der Waals surface area contributed by atoms with Crippen LogP contribution in [0.1, 0.15) is 5.76 Å². The van der Waals surface area contributed by atoms with Gasteiger partial charge in [-0.05, 0) is 6.07 Å². The molecule has 0 aliphatic rings. The van der Waals surface area contributed by atoms with E-state index in [1.807, 2.05) is 0 Å². The summed E-state index contributed by atoms with van der Waals surface area (Å²) in [7, 11) is 1.34. The molecule has 80 valence electrons. The second kappa shape index (κ2) is 4.22. The number of nitrogens with zero attached hydrogens (tertiary/aromatic N) is 3. The minimum atomic E-state index is -0.743. The zero-order valence-electron chi connectivity index (χ0n) is 7.78. The number of furan rings is 1. The van der Waals surface area contributed by atoms with E-state index >= 15 is 0 Å². The summed E-state index contributed by atoms with van der Waals surface area (Å²) < 4.78 is 4.75. The van der Waals surface area contributed by atoms with Gasteiger partial charge in [0.2, 0.25) is 0 Å². The first kappa shape index (κ1) is 10.7. The highest BCUT2D eigenvalue weighted by molar-refractivity contribution is 5.78. The van der Waals surface area contributed by atoms with E-state index in [1.165, 1.54) is 19.2 Å². The van der Waals surface area contributed by atoms with E-state index in [0.29, 0.717) is 0 Å². The Morgan fingerprint density at radius 3 is 2.87 bits per heavy atom. The van der Waals surface area contributed by atoms with Crippen molar-refractivity contribution in [3.05, 3.63) is 28.0 Å². The molecule has 0 aliphatic heterocycles. The second-order valence-electron chi connectivity index (χ2n) is 2.54. The van der Waals surface area contributed by atoms with Crippen molar-refractivity contribution in [1.82, 2.24) is 5.01 Å². The number of hydrazone groups is 1. The Balaban J connectivity index is 2.73. The summed E-state index contributed by atoms with van der Waals surface area (Å²) in [5, 5.41) is 14.7. The maximum atomic E-state index is 10.5. The first-order valence-electron chi connectivity index (χ1n) is 3.82. The molecule has 0 aromatic carbocycles. The zero-order chi connectivity index (χ0) is 11.4. The van der Waals surface area contributed by atoms with Crippen LogP contribution in [-0.2, 0) is 0 Å². The second-order valence-corrected chi connectivity index (χ2v) is 2.54. The lowest BCUT2D eigenvalue weighted by Gasteiger charge is -2.04. The molecule has 1 rings (SSSR count). The van der Waals surface area contributed by atoms with E-state index in [1.54, 1.807) is 0 Å². The van der Waals surface area contributed by atoms with E-state index in [4.69, 9.17) is 10.2 Å². The number of carbonyl (C=O) groups is 1. The predicted octanol–water partition coefficient (Wildman–Crippen LogP) is 0.532. The Labute approximate surface area is 84.1 Å². The van der Waals surface area contributed by atoms with Crippen LogP contribution in [0.3, 0.4) is 0 Å². The lowest BCUT2D eigenvalue weighted by Crippen LogP contribution is -2.27. The van der Waals surface area contributed by atoms with Crippen LogP contribution in [0, 0.1) is 10.1 Å². The summed E-state index contributed by atoms with van der Waals surface area (Å²) >= 11 is 0. The van der Waals surface area contributed by atoms with Gasteiger partial charge in [-0.2, -0.15) is 5.10 Å². The largest absolute Gasteiger partial charge is 0.433 e. The van der Waals surface area contributed by atoms with Crippen molar-refractivity contribution in [2.45, 2.75) is 0 Å². The third-order valence-corrected chi connectivity index (χ3v) is 1.47. The van der Waals surface area contributed by atoms with Gasteiger partial charge < -0.3 is 10.2 Å². The summed E-state index contributed by atoms with van der Waals surface area (Å²) in [5.74, 6) is -0.229. The number of primary amides is 1. The molecule has 0 saturated heterocycles. The average Bonchev–Trinajstić information content (AvgIpc) is 2.62. The van der Waals surface area contributed by atoms with Gasteiger partial charge in [-0.15, -0.1) is 0 Å². The van der Waals surface area contributed by atoms with Gasteiger partial charge in [0.05, 0.1) is 12.3 Å². The lowest BCUT2D eigenvalue weighted by atomic mass is 10.5. The number of hydrogen-bond acceptors (Lipinski definition) is 5. The molecular formula is C7H8N4O4. The highest BCUT2D eigenvalue weighted by Gasteiger charge is 2.10. The molecule has 8 heteroatoms. The number of amides is 2. The molecule has 0 atom stereocenters. The molecular weight excluding hydrogens is 204 g/mol. The van der Waals surface area contributed by atoms with E-state index in [9.17, 15) is 14.9 Å². The Kier molecular flexibility index (Phi) is 3.01. The third-order valence-electron chi connectivity index (χ3n) is 1.47. The third kappa shape index (κ3) is 2.79. The highest BCUT2D eigenvalue weighted by atomic mass is 16.6. The van der Waals surface area contributed by atoms with Crippen LogP contribution in [-0.4, -0.2) is 29.2 Å². The van der Waals surface area contributed by atoms with Crippen molar-refractivity contribution >= 4 is 18.1 Å². The molecule has 8 nitrogen and oxygen atoms in total. The maximum absolute atomic E-state index is 10.5. The van der Waals surface area contributed by atoms with E-state index in [0.717, 1.165) is 11.2 Å². The van der Waals surface area contributed by atoms with Gasteiger partial charge in [0, 0.05) is 7.05 Å². The molecule has 0 saturated carbocycles. The topological polar surface area (TPSA) is 115 Å². The van der Waals surface area contributed by atoms with Gasteiger partial charge in [-0.1, -0.05) is 0 Å². The van der Waals surface area contributed by atoms with Crippen LogP contribution in [0.5, 0.6) is 0 Å². The number of urea groups is 1. The molecule has 0 bridgehead atoms. The van der Waals surface area contributed by atoms with Crippen LogP contribution in [0.2, 0.25) is 0 Å². The van der Waals surface area contributed by atoms with Crippen molar-refractivity contribution in [2.24, 2.45) is 10.8 Å². The maximum Gasteiger partial charge on any atom is 0.433 e. The highest BCUT2D eigenvalue weighted by Crippen LogP contribution is 2.13. The fourth-order valence-corrected chi connectivity index (χ4v) is 0.710. The fourth-order valence-electron chi connectivity index (χ4n) is 0.710. The first-order valence-corrected chi connectivity index (χ1v) is 3.82. The van der Waals surface area contributed by atoms with Gasteiger partial charge in [0.1, 0.15) is 4.92 Å². The Morgan fingerprint density at radius 1 is 1.73 bits per heavy atom. The first-order chi connectivity index (χ1) is 7.00. The monoisotopic (exact) mass is 212 g/mol. The van der Waals surface area contributed by atoms with Gasteiger partial charge in [0.15, 0.2) is 5.76 Å². The van der Waals surface area contributed by atoms with Crippen molar-refractivity contribution < 1.29 is 14.1 Å². The van der Waals surface area contributed by atoms with Gasteiger partial charge in [-0.3, -0.25) is 10.1 Å². The number of carbonyl (C=O) groups excluding carboxylic acids is 1.